The van der Waals surface area contributed by atoms with Crippen molar-refractivity contribution in [3.8, 4) is 17.2 Å². The molecule has 4 nitrogen and oxygen atoms in total. The van der Waals surface area contributed by atoms with Crippen LogP contribution in [0.5, 0.6) is 17.2 Å². The summed E-state index contributed by atoms with van der Waals surface area (Å²) in [5, 5.41) is 0. The van der Waals surface area contributed by atoms with Crippen LogP contribution in [0.15, 0.2) is 42.5 Å². The Hall–Kier alpha value is -2.49. The predicted molar refractivity (Wildman–Crippen MR) is 84.7 cm³/mol. The van der Waals surface area contributed by atoms with E-state index in [1.54, 1.807) is 30.3 Å². The minimum atomic E-state index is -0.433. The number of aryl methyl sites for hydroxylation is 2. The Balaban J connectivity index is 1.85. The molecule has 2 aromatic carbocycles. The van der Waals surface area contributed by atoms with Crippen LogP contribution in [0.1, 0.15) is 18.1 Å². The number of esters is 1. The van der Waals surface area contributed by atoms with Gasteiger partial charge in [-0.25, -0.2) is 4.79 Å². The molecule has 0 saturated heterocycles. The summed E-state index contributed by atoms with van der Waals surface area (Å²) in [7, 11) is 0. The Kier molecular flexibility index (Phi) is 5.42. The van der Waals surface area contributed by atoms with Crippen LogP contribution in [0.4, 0.5) is 0 Å². The quantitative estimate of drug-likeness (QED) is 0.603. The second-order valence-corrected chi connectivity index (χ2v) is 4.91. The zero-order valence-corrected chi connectivity index (χ0v) is 13.1. The first-order chi connectivity index (χ1) is 10.6. The molecule has 0 saturated carbocycles. The summed E-state index contributed by atoms with van der Waals surface area (Å²) < 4.78 is 16.0. The average Bonchev–Trinajstić information content (AvgIpc) is 2.51. The lowest BCUT2D eigenvalue weighted by atomic mass is 10.1. The molecule has 0 bridgehead atoms. The topological polar surface area (TPSA) is 44.8 Å². The van der Waals surface area contributed by atoms with E-state index in [1.165, 1.54) is 0 Å². The molecule has 0 atom stereocenters. The summed E-state index contributed by atoms with van der Waals surface area (Å²) in [6, 6.07) is 12.6. The van der Waals surface area contributed by atoms with Crippen molar-refractivity contribution < 1.29 is 19.0 Å². The molecule has 0 radical (unpaired) electrons. The van der Waals surface area contributed by atoms with E-state index in [9.17, 15) is 4.79 Å². The number of benzene rings is 2. The standard InChI is InChI=1S/C18H20O4/c1-4-20-15-7-9-16(10-8-15)21-12-18(19)22-17-6-5-13(2)14(3)11-17/h5-11H,4,12H2,1-3H3. The number of rotatable bonds is 6. The average molecular weight is 300 g/mol. The van der Waals surface area contributed by atoms with Crippen molar-refractivity contribution in [2.45, 2.75) is 20.8 Å². The first-order valence-corrected chi connectivity index (χ1v) is 7.22. The minimum Gasteiger partial charge on any atom is -0.494 e. The summed E-state index contributed by atoms with van der Waals surface area (Å²) in [6.45, 7) is 6.38. The predicted octanol–water partition coefficient (Wildman–Crippen LogP) is 3.69. The van der Waals surface area contributed by atoms with Gasteiger partial charge in [0.05, 0.1) is 6.61 Å². The lowest BCUT2D eigenvalue weighted by Crippen LogP contribution is -2.17. The van der Waals surface area contributed by atoms with Gasteiger partial charge in [-0.3, -0.25) is 0 Å². The number of hydrogen-bond acceptors (Lipinski definition) is 4. The maximum Gasteiger partial charge on any atom is 0.349 e. The first kappa shape index (κ1) is 15.9. The van der Waals surface area contributed by atoms with Gasteiger partial charge in [-0.15, -0.1) is 0 Å². The van der Waals surface area contributed by atoms with Gasteiger partial charge in [0.25, 0.3) is 0 Å². The molecule has 4 heteroatoms. The summed E-state index contributed by atoms with van der Waals surface area (Å²) in [5.74, 6) is 1.47. The smallest absolute Gasteiger partial charge is 0.349 e. The monoisotopic (exact) mass is 300 g/mol. The second-order valence-electron chi connectivity index (χ2n) is 4.91. The largest absolute Gasteiger partial charge is 0.494 e. The van der Waals surface area contributed by atoms with E-state index in [1.807, 2.05) is 32.9 Å². The fraction of sp³-hybridized carbons (Fsp3) is 0.278. The normalized spacial score (nSPS) is 10.1. The van der Waals surface area contributed by atoms with E-state index in [0.29, 0.717) is 18.1 Å². The Morgan fingerprint density at radius 3 is 2.05 bits per heavy atom. The fourth-order valence-corrected chi connectivity index (χ4v) is 1.88. The van der Waals surface area contributed by atoms with Gasteiger partial charge in [0, 0.05) is 0 Å². The summed E-state index contributed by atoms with van der Waals surface area (Å²) in [5.41, 5.74) is 2.24. The third kappa shape index (κ3) is 4.52. The third-order valence-corrected chi connectivity index (χ3v) is 3.20. The lowest BCUT2D eigenvalue weighted by molar-refractivity contribution is -0.136. The Morgan fingerprint density at radius 2 is 1.45 bits per heavy atom. The van der Waals surface area contributed by atoms with E-state index in [4.69, 9.17) is 14.2 Å². The highest BCUT2D eigenvalue weighted by Crippen LogP contribution is 2.18. The zero-order chi connectivity index (χ0) is 15.9. The van der Waals surface area contributed by atoms with E-state index >= 15 is 0 Å². The van der Waals surface area contributed by atoms with Gasteiger partial charge in [-0.2, -0.15) is 0 Å². The highest BCUT2D eigenvalue weighted by atomic mass is 16.6. The molecule has 0 fully saturated rings. The molecule has 22 heavy (non-hydrogen) atoms. The van der Waals surface area contributed by atoms with Crippen molar-refractivity contribution in [3.63, 3.8) is 0 Å². The first-order valence-electron chi connectivity index (χ1n) is 7.22. The van der Waals surface area contributed by atoms with Crippen LogP contribution in [-0.2, 0) is 4.79 Å². The molecular formula is C18H20O4. The lowest BCUT2D eigenvalue weighted by Gasteiger charge is -2.09. The van der Waals surface area contributed by atoms with E-state index < -0.39 is 5.97 Å². The minimum absolute atomic E-state index is 0.138. The Labute approximate surface area is 130 Å². The van der Waals surface area contributed by atoms with Gasteiger partial charge in [0.1, 0.15) is 17.2 Å². The van der Waals surface area contributed by atoms with Gasteiger partial charge in [-0.05, 0) is 68.3 Å². The van der Waals surface area contributed by atoms with Crippen LogP contribution in [0.3, 0.4) is 0 Å². The molecule has 0 aromatic heterocycles. The van der Waals surface area contributed by atoms with Crippen molar-refractivity contribution in [2.24, 2.45) is 0 Å². The van der Waals surface area contributed by atoms with Gasteiger partial charge in [0.15, 0.2) is 6.61 Å². The Morgan fingerprint density at radius 1 is 0.864 bits per heavy atom. The maximum absolute atomic E-state index is 11.8. The van der Waals surface area contributed by atoms with Crippen LogP contribution in [-0.4, -0.2) is 19.2 Å². The van der Waals surface area contributed by atoms with Crippen LogP contribution >= 0.6 is 0 Å². The molecule has 0 amide bonds. The maximum atomic E-state index is 11.8. The van der Waals surface area contributed by atoms with Crippen molar-refractivity contribution >= 4 is 5.97 Å². The van der Waals surface area contributed by atoms with Crippen LogP contribution in [0.25, 0.3) is 0 Å². The van der Waals surface area contributed by atoms with Crippen molar-refractivity contribution in [1.82, 2.24) is 0 Å². The molecule has 116 valence electrons. The highest BCUT2D eigenvalue weighted by Gasteiger charge is 2.07. The molecular weight excluding hydrogens is 280 g/mol. The number of ether oxygens (including phenoxy) is 3. The van der Waals surface area contributed by atoms with Gasteiger partial charge in [-0.1, -0.05) is 6.07 Å². The van der Waals surface area contributed by atoms with E-state index in [2.05, 4.69) is 0 Å². The molecule has 2 aromatic rings. The summed E-state index contributed by atoms with van der Waals surface area (Å²) in [6.07, 6.45) is 0. The number of carbonyl (C=O) groups is 1. The molecule has 0 aliphatic rings. The highest BCUT2D eigenvalue weighted by molar-refractivity contribution is 5.74. The van der Waals surface area contributed by atoms with Gasteiger partial charge < -0.3 is 14.2 Å². The van der Waals surface area contributed by atoms with E-state index in [0.717, 1.165) is 16.9 Å². The second kappa shape index (κ2) is 7.50. The van der Waals surface area contributed by atoms with Crippen LogP contribution < -0.4 is 14.2 Å². The molecule has 0 heterocycles. The molecule has 0 spiro atoms. The molecule has 0 aliphatic carbocycles. The third-order valence-electron chi connectivity index (χ3n) is 3.20. The van der Waals surface area contributed by atoms with Crippen LogP contribution in [0, 0.1) is 13.8 Å². The summed E-state index contributed by atoms with van der Waals surface area (Å²) in [4.78, 5) is 11.8. The zero-order valence-electron chi connectivity index (χ0n) is 13.1. The fourth-order valence-electron chi connectivity index (χ4n) is 1.88. The Bertz CT molecular complexity index is 632. The molecule has 0 aliphatic heterocycles. The number of hydrogen-bond donors (Lipinski definition) is 0. The number of carbonyl (C=O) groups excluding carboxylic acids is 1. The van der Waals surface area contributed by atoms with Crippen molar-refractivity contribution in [3.05, 3.63) is 53.6 Å². The van der Waals surface area contributed by atoms with Crippen LogP contribution in [0.2, 0.25) is 0 Å². The SMILES string of the molecule is CCOc1ccc(OCC(=O)Oc2ccc(C)c(C)c2)cc1. The molecule has 2 rings (SSSR count). The molecule has 0 N–H and O–H groups in total. The molecule has 0 unspecified atom stereocenters. The summed E-state index contributed by atoms with van der Waals surface area (Å²) >= 11 is 0. The van der Waals surface area contributed by atoms with Gasteiger partial charge in [0.2, 0.25) is 0 Å². The van der Waals surface area contributed by atoms with Crippen molar-refractivity contribution in [1.29, 1.82) is 0 Å². The van der Waals surface area contributed by atoms with E-state index in [-0.39, 0.29) is 6.61 Å². The van der Waals surface area contributed by atoms with Crippen molar-refractivity contribution in [2.75, 3.05) is 13.2 Å². The van der Waals surface area contributed by atoms with Gasteiger partial charge >= 0.3 is 5.97 Å².